The summed E-state index contributed by atoms with van der Waals surface area (Å²) in [6.07, 6.45) is 4.78. The minimum Gasteiger partial charge on any atom is -0.488 e. The van der Waals surface area contributed by atoms with E-state index in [-0.39, 0.29) is 12.0 Å². The molecule has 114 valence electrons. The van der Waals surface area contributed by atoms with Crippen LogP contribution in [0.15, 0.2) is 36.7 Å². The summed E-state index contributed by atoms with van der Waals surface area (Å²) in [5.41, 5.74) is 1.71. The van der Waals surface area contributed by atoms with Crippen molar-refractivity contribution in [3.8, 4) is 5.75 Å². The standard InChI is InChI=1S/C17H19N3O2/c1-3-16-18-9-13(10-19-16)17(21)20(2)11-14-8-12-6-4-5-7-15(12)22-14/h4-7,9-10,14H,3,8,11H2,1-2H3. The van der Waals surface area contributed by atoms with Crippen molar-refractivity contribution in [2.75, 3.05) is 13.6 Å². The van der Waals surface area contributed by atoms with Crippen LogP contribution in [0.5, 0.6) is 5.75 Å². The molecule has 2 heterocycles. The number of rotatable bonds is 4. The van der Waals surface area contributed by atoms with Gasteiger partial charge in [-0.05, 0) is 11.6 Å². The predicted octanol–water partition coefficient (Wildman–Crippen LogP) is 2.11. The minimum atomic E-state index is -0.0813. The van der Waals surface area contributed by atoms with E-state index in [4.69, 9.17) is 4.74 Å². The predicted molar refractivity (Wildman–Crippen MR) is 82.9 cm³/mol. The lowest BCUT2D eigenvalue weighted by Crippen LogP contribution is -2.36. The van der Waals surface area contributed by atoms with Gasteiger partial charge in [0.25, 0.3) is 5.91 Å². The zero-order valence-electron chi connectivity index (χ0n) is 12.8. The highest BCUT2D eigenvalue weighted by atomic mass is 16.5. The minimum absolute atomic E-state index is 0.00202. The Kier molecular flexibility index (Phi) is 4.04. The average Bonchev–Trinajstić information content (AvgIpc) is 2.96. The van der Waals surface area contributed by atoms with Gasteiger partial charge in [-0.25, -0.2) is 9.97 Å². The molecule has 0 bridgehead atoms. The van der Waals surface area contributed by atoms with Crippen molar-refractivity contribution in [1.29, 1.82) is 0 Å². The van der Waals surface area contributed by atoms with Crippen LogP contribution < -0.4 is 4.74 Å². The summed E-state index contributed by atoms with van der Waals surface area (Å²) in [5.74, 6) is 1.58. The van der Waals surface area contributed by atoms with Crippen molar-refractivity contribution in [3.05, 3.63) is 53.6 Å². The van der Waals surface area contributed by atoms with Gasteiger partial charge in [-0.1, -0.05) is 25.1 Å². The molecule has 5 heteroatoms. The number of amides is 1. The van der Waals surface area contributed by atoms with E-state index in [0.29, 0.717) is 12.1 Å². The van der Waals surface area contributed by atoms with Crippen LogP contribution in [-0.4, -0.2) is 40.5 Å². The van der Waals surface area contributed by atoms with Crippen molar-refractivity contribution >= 4 is 5.91 Å². The Morgan fingerprint density at radius 1 is 1.32 bits per heavy atom. The maximum absolute atomic E-state index is 12.4. The highest BCUT2D eigenvalue weighted by molar-refractivity contribution is 5.93. The van der Waals surface area contributed by atoms with E-state index in [2.05, 4.69) is 16.0 Å². The van der Waals surface area contributed by atoms with Crippen LogP contribution in [0.2, 0.25) is 0 Å². The lowest BCUT2D eigenvalue weighted by molar-refractivity contribution is 0.0729. The number of nitrogens with zero attached hydrogens (tertiary/aromatic N) is 3. The molecule has 0 spiro atoms. The summed E-state index contributed by atoms with van der Waals surface area (Å²) in [6, 6.07) is 8.00. The first-order chi connectivity index (χ1) is 10.7. The molecule has 2 aromatic rings. The van der Waals surface area contributed by atoms with Gasteiger partial charge in [-0.15, -0.1) is 0 Å². The van der Waals surface area contributed by atoms with Crippen LogP contribution in [0.1, 0.15) is 28.7 Å². The monoisotopic (exact) mass is 297 g/mol. The Morgan fingerprint density at radius 2 is 2.05 bits per heavy atom. The molecule has 22 heavy (non-hydrogen) atoms. The van der Waals surface area contributed by atoms with E-state index >= 15 is 0 Å². The Labute approximate surface area is 130 Å². The van der Waals surface area contributed by atoms with Gasteiger partial charge in [0, 0.05) is 32.3 Å². The van der Waals surface area contributed by atoms with E-state index < -0.39 is 0 Å². The van der Waals surface area contributed by atoms with Gasteiger partial charge >= 0.3 is 0 Å². The third-order valence-electron chi connectivity index (χ3n) is 3.81. The summed E-state index contributed by atoms with van der Waals surface area (Å²) in [7, 11) is 1.78. The van der Waals surface area contributed by atoms with Crippen LogP contribution in [0, 0.1) is 0 Å². The maximum Gasteiger partial charge on any atom is 0.256 e. The molecular formula is C17H19N3O2. The van der Waals surface area contributed by atoms with Gasteiger partial charge in [-0.2, -0.15) is 0 Å². The second-order valence-electron chi connectivity index (χ2n) is 5.48. The molecule has 1 aromatic heterocycles. The molecule has 1 unspecified atom stereocenters. The average molecular weight is 297 g/mol. The molecule has 0 aliphatic carbocycles. The highest BCUT2D eigenvalue weighted by Crippen LogP contribution is 2.28. The lowest BCUT2D eigenvalue weighted by atomic mass is 10.1. The smallest absolute Gasteiger partial charge is 0.256 e. The van der Waals surface area contributed by atoms with E-state index in [0.717, 1.165) is 24.4 Å². The van der Waals surface area contributed by atoms with E-state index in [1.165, 1.54) is 5.56 Å². The number of fused-ring (bicyclic) bond motifs is 1. The highest BCUT2D eigenvalue weighted by Gasteiger charge is 2.25. The van der Waals surface area contributed by atoms with Crippen molar-refractivity contribution in [2.24, 2.45) is 0 Å². The van der Waals surface area contributed by atoms with E-state index in [1.54, 1.807) is 24.3 Å². The van der Waals surface area contributed by atoms with Gasteiger partial charge in [0.15, 0.2) is 0 Å². The number of carbonyl (C=O) groups is 1. The van der Waals surface area contributed by atoms with E-state index in [1.807, 2.05) is 25.1 Å². The number of ether oxygens (including phenoxy) is 1. The van der Waals surface area contributed by atoms with Crippen molar-refractivity contribution < 1.29 is 9.53 Å². The van der Waals surface area contributed by atoms with Gasteiger partial charge in [0.2, 0.25) is 0 Å². The van der Waals surface area contributed by atoms with Crippen molar-refractivity contribution in [2.45, 2.75) is 25.9 Å². The number of para-hydroxylation sites is 1. The number of benzene rings is 1. The number of carbonyl (C=O) groups excluding carboxylic acids is 1. The van der Waals surface area contributed by atoms with Gasteiger partial charge in [0.1, 0.15) is 17.7 Å². The second kappa shape index (κ2) is 6.13. The maximum atomic E-state index is 12.4. The molecule has 0 saturated heterocycles. The molecular weight excluding hydrogens is 278 g/mol. The number of hydrogen-bond acceptors (Lipinski definition) is 4. The van der Waals surface area contributed by atoms with Gasteiger partial charge in [0.05, 0.1) is 12.1 Å². The van der Waals surface area contributed by atoms with Crippen molar-refractivity contribution in [1.82, 2.24) is 14.9 Å². The first-order valence-corrected chi connectivity index (χ1v) is 7.48. The summed E-state index contributed by atoms with van der Waals surface area (Å²) < 4.78 is 5.87. The molecule has 0 fully saturated rings. The third-order valence-corrected chi connectivity index (χ3v) is 3.81. The topological polar surface area (TPSA) is 55.3 Å². The first-order valence-electron chi connectivity index (χ1n) is 7.48. The Balaban J connectivity index is 1.62. The molecule has 0 saturated carbocycles. The number of likely N-dealkylation sites (N-methyl/N-ethyl adjacent to an activating group) is 1. The SMILES string of the molecule is CCc1ncc(C(=O)N(C)CC2Cc3ccccc3O2)cn1. The fourth-order valence-corrected chi connectivity index (χ4v) is 2.61. The summed E-state index contributed by atoms with van der Waals surface area (Å²) in [6.45, 7) is 2.53. The molecule has 3 rings (SSSR count). The summed E-state index contributed by atoms with van der Waals surface area (Å²) >= 11 is 0. The van der Waals surface area contributed by atoms with Crippen LogP contribution in [-0.2, 0) is 12.8 Å². The zero-order valence-corrected chi connectivity index (χ0v) is 12.8. The van der Waals surface area contributed by atoms with Crippen LogP contribution in [0.3, 0.4) is 0 Å². The molecule has 5 nitrogen and oxygen atoms in total. The summed E-state index contributed by atoms with van der Waals surface area (Å²) in [5, 5.41) is 0. The second-order valence-corrected chi connectivity index (χ2v) is 5.48. The van der Waals surface area contributed by atoms with Crippen LogP contribution in [0.25, 0.3) is 0 Å². The number of aromatic nitrogens is 2. The lowest BCUT2D eigenvalue weighted by Gasteiger charge is -2.21. The molecule has 1 amide bonds. The fraction of sp³-hybridized carbons (Fsp3) is 0.353. The molecule has 0 N–H and O–H groups in total. The fourth-order valence-electron chi connectivity index (χ4n) is 2.61. The third kappa shape index (κ3) is 2.93. The Morgan fingerprint density at radius 3 is 2.73 bits per heavy atom. The van der Waals surface area contributed by atoms with E-state index in [9.17, 15) is 4.79 Å². The Hall–Kier alpha value is -2.43. The van der Waals surface area contributed by atoms with Crippen LogP contribution >= 0.6 is 0 Å². The molecule has 1 aromatic carbocycles. The molecule has 1 aliphatic rings. The molecule has 1 atom stereocenters. The quantitative estimate of drug-likeness (QED) is 0.867. The normalized spacial score (nSPS) is 16.0. The number of aryl methyl sites for hydroxylation is 1. The first kappa shape index (κ1) is 14.5. The zero-order chi connectivity index (χ0) is 15.5. The van der Waals surface area contributed by atoms with Crippen molar-refractivity contribution in [3.63, 3.8) is 0 Å². The molecule has 1 aliphatic heterocycles. The Bertz CT molecular complexity index is 645. The van der Waals surface area contributed by atoms with Crippen LogP contribution in [0.4, 0.5) is 0 Å². The number of hydrogen-bond donors (Lipinski definition) is 0. The summed E-state index contributed by atoms with van der Waals surface area (Å²) in [4.78, 5) is 22.4. The molecule has 0 radical (unpaired) electrons. The van der Waals surface area contributed by atoms with Gasteiger partial charge in [-0.3, -0.25) is 4.79 Å². The largest absolute Gasteiger partial charge is 0.488 e. The van der Waals surface area contributed by atoms with Gasteiger partial charge < -0.3 is 9.64 Å².